The van der Waals surface area contributed by atoms with E-state index in [4.69, 9.17) is 38.7 Å². The monoisotopic (exact) mass is 772 g/mol. The molecule has 6 rings (SSSR count). The average Bonchev–Trinajstić information content (AvgIpc) is 3.53. The first-order chi connectivity index (χ1) is 25.3. The normalized spacial score (nSPS) is 21.3. The molecule has 53 heavy (non-hydrogen) atoms. The summed E-state index contributed by atoms with van der Waals surface area (Å²) in [6, 6.07) is 14.1. The van der Waals surface area contributed by atoms with Gasteiger partial charge in [0.2, 0.25) is 11.8 Å². The number of amidine groups is 1. The zero-order valence-electron chi connectivity index (χ0n) is 29.1. The number of alkyl halides is 3. The van der Waals surface area contributed by atoms with Crippen molar-refractivity contribution in [2.75, 3.05) is 39.3 Å². The van der Waals surface area contributed by atoms with Gasteiger partial charge < -0.3 is 15.8 Å². The van der Waals surface area contributed by atoms with Crippen LogP contribution in [0.4, 0.5) is 18.0 Å². The summed E-state index contributed by atoms with van der Waals surface area (Å²) in [6.45, 7) is 3.54. The third kappa shape index (κ3) is 8.64. The fraction of sp³-hybridized carbons (Fsp3) is 0.421. The van der Waals surface area contributed by atoms with E-state index in [-0.39, 0.29) is 30.3 Å². The van der Waals surface area contributed by atoms with Crippen molar-refractivity contribution in [3.63, 3.8) is 0 Å². The summed E-state index contributed by atoms with van der Waals surface area (Å²) in [5.41, 5.74) is 6.16. The average molecular weight is 774 g/mol. The molecule has 15 heteroatoms. The minimum atomic E-state index is -4.66. The van der Waals surface area contributed by atoms with Gasteiger partial charge in [0.05, 0.1) is 36.2 Å². The van der Waals surface area contributed by atoms with Gasteiger partial charge in [0, 0.05) is 22.6 Å². The molecule has 4 amide bonds. The van der Waals surface area contributed by atoms with Crippen LogP contribution in [-0.2, 0) is 15.8 Å². The molecule has 10 nitrogen and oxygen atoms in total. The second kappa shape index (κ2) is 16.5. The quantitative estimate of drug-likeness (QED) is 0.246. The second-order valence-corrected chi connectivity index (χ2v) is 14.3. The number of primary amides is 1. The van der Waals surface area contributed by atoms with Gasteiger partial charge in [0.15, 0.2) is 0 Å². The van der Waals surface area contributed by atoms with Crippen molar-refractivity contribution >= 4 is 46.9 Å². The third-order valence-corrected chi connectivity index (χ3v) is 10.5. The zero-order chi connectivity index (χ0) is 37.9. The summed E-state index contributed by atoms with van der Waals surface area (Å²) in [5.74, 6) is -1.38. The minimum Gasteiger partial charge on any atom is -0.493 e. The van der Waals surface area contributed by atoms with Crippen LogP contribution in [0.1, 0.15) is 66.9 Å². The van der Waals surface area contributed by atoms with Crippen molar-refractivity contribution in [1.29, 1.82) is 0 Å². The molecule has 0 aliphatic carbocycles. The van der Waals surface area contributed by atoms with E-state index < -0.39 is 53.6 Å². The number of carbonyl (C=O) groups is 3. The van der Waals surface area contributed by atoms with E-state index in [1.807, 2.05) is 4.90 Å². The Labute approximate surface area is 316 Å². The Morgan fingerprint density at radius 3 is 2.21 bits per heavy atom. The number of rotatable bonds is 9. The van der Waals surface area contributed by atoms with Crippen molar-refractivity contribution in [3.05, 3.63) is 99.0 Å². The number of aliphatic imine (C=N–C) groups is 1. The largest absolute Gasteiger partial charge is 0.493 e. The van der Waals surface area contributed by atoms with E-state index in [0.717, 1.165) is 12.1 Å². The van der Waals surface area contributed by atoms with Gasteiger partial charge >= 0.3 is 12.2 Å². The molecule has 3 aliphatic rings. The maximum absolute atomic E-state index is 15.4. The molecule has 0 radical (unpaired) electrons. The van der Waals surface area contributed by atoms with Gasteiger partial charge in [0.25, 0.3) is 0 Å². The number of carbonyl (C=O) groups excluding carboxylic acids is 3. The van der Waals surface area contributed by atoms with Crippen LogP contribution in [0.25, 0.3) is 0 Å². The highest BCUT2D eigenvalue weighted by molar-refractivity contribution is 6.30. The predicted molar refractivity (Wildman–Crippen MR) is 196 cm³/mol. The summed E-state index contributed by atoms with van der Waals surface area (Å²) in [6.07, 6.45) is -2.40. The molecule has 0 bridgehead atoms. The van der Waals surface area contributed by atoms with Crippen LogP contribution in [0.3, 0.4) is 0 Å². The summed E-state index contributed by atoms with van der Waals surface area (Å²) >= 11 is 12.6. The molecular formula is C38H41Cl2F3N6O4. The lowest BCUT2D eigenvalue weighted by Gasteiger charge is -2.40. The molecule has 3 aliphatic heterocycles. The Bertz CT molecular complexity index is 1840. The zero-order valence-corrected chi connectivity index (χ0v) is 30.6. The summed E-state index contributed by atoms with van der Waals surface area (Å²) in [7, 11) is 0. The first-order valence-corrected chi connectivity index (χ1v) is 18.4. The second-order valence-electron chi connectivity index (χ2n) is 13.5. The first-order valence-electron chi connectivity index (χ1n) is 17.7. The number of ether oxygens (including phenoxy) is 1. The van der Waals surface area contributed by atoms with Gasteiger partial charge in [-0.15, -0.1) is 0 Å². The molecule has 0 saturated carbocycles. The van der Waals surface area contributed by atoms with Gasteiger partial charge in [-0.25, -0.2) is 4.79 Å². The van der Waals surface area contributed by atoms with Crippen molar-refractivity contribution in [2.45, 2.75) is 56.9 Å². The van der Waals surface area contributed by atoms with E-state index in [0.29, 0.717) is 73.0 Å². The maximum atomic E-state index is 15.4. The Balaban J connectivity index is 1.51. The van der Waals surface area contributed by atoms with Crippen molar-refractivity contribution in [3.8, 4) is 5.75 Å². The van der Waals surface area contributed by atoms with Gasteiger partial charge in [0.1, 0.15) is 17.6 Å². The Kier molecular flexibility index (Phi) is 12.0. The van der Waals surface area contributed by atoms with Gasteiger partial charge in [-0.1, -0.05) is 47.5 Å². The Hall–Kier alpha value is -4.17. The Morgan fingerprint density at radius 1 is 0.962 bits per heavy atom. The first kappa shape index (κ1) is 38.6. The fourth-order valence-electron chi connectivity index (χ4n) is 7.36. The van der Waals surface area contributed by atoms with Gasteiger partial charge in [-0.2, -0.15) is 13.2 Å². The number of benzene rings is 3. The molecule has 2 fully saturated rings. The number of amides is 4. The molecule has 0 spiro atoms. The van der Waals surface area contributed by atoms with Crippen molar-refractivity contribution in [2.24, 2.45) is 16.6 Å². The lowest BCUT2D eigenvalue weighted by Crippen LogP contribution is -2.57. The summed E-state index contributed by atoms with van der Waals surface area (Å²) in [4.78, 5) is 51.6. The fourth-order valence-corrected chi connectivity index (χ4v) is 7.61. The smallest absolute Gasteiger partial charge is 0.416 e. The van der Waals surface area contributed by atoms with E-state index in [1.165, 1.54) is 15.9 Å². The Morgan fingerprint density at radius 2 is 1.60 bits per heavy atom. The molecule has 3 unspecified atom stereocenters. The molecule has 2 saturated heterocycles. The molecule has 3 aromatic carbocycles. The minimum absolute atomic E-state index is 0.0403. The van der Waals surface area contributed by atoms with Crippen LogP contribution >= 0.6 is 23.2 Å². The van der Waals surface area contributed by atoms with Crippen LogP contribution in [0.15, 0.2) is 71.7 Å². The topological polar surface area (TPSA) is 121 Å². The number of halogens is 5. The molecule has 3 aromatic rings. The van der Waals surface area contributed by atoms with Crippen molar-refractivity contribution in [1.82, 2.24) is 20.0 Å². The summed E-state index contributed by atoms with van der Waals surface area (Å²) in [5, 5.41) is 4.22. The standard InChI is InChI=1S/C38H41Cl2F3N6O4/c1-2-53-31-20-26(38(41,42)43)9-14-30(31)36-46-33(23-5-10-27(39)11-6-23)34(24-7-12-28(40)13-8-24)49(36)37(52)48(29-15-17-45-18-16-29)32(50)22-47-19-3-4-25(21-47)35(44)51/h5-14,20,25,29,33-34,45H,2-4,15-19,21-22H2,1H3,(H2,44,51). The number of imide groups is 1. The van der Waals surface area contributed by atoms with Crippen molar-refractivity contribution < 1.29 is 32.3 Å². The van der Waals surface area contributed by atoms with Crippen LogP contribution in [0.2, 0.25) is 10.0 Å². The third-order valence-electron chi connectivity index (χ3n) is 9.96. The number of nitrogens with two attached hydrogens (primary N) is 1. The number of nitrogens with one attached hydrogen (secondary N) is 1. The molecule has 3 N–H and O–H groups in total. The number of urea groups is 1. The van der Waals surface area contributed by atoms with E-state index in [1.54, 1.807) is 55.5 Å². The van der Waals surface area contributed by atoms with E-state index in [2.05, 4.69) is 5.32 Å². The number of nitrogens with zero attached hydrogens (tertiary/aromatic N) is 4. The maximum Gasteiger partial charge on any atom is 0.416 e. The number of likely N-dealkylation sites (tertiary alicyclic amines) is 1. The molecule has 3 atom stereocenters. The lowest BCUT2D eigenvalue weighted by molar-refractivity contribution is -0.137. The SMILES string of the molecule is CCOc1cc(C(F)(F)F)ccc1C1=NC(c2ccc(Cl)cc2)C(c2ccc(Cl)cc2)N1C(=O)N(C(=O)CN1CCCC(C(N)=O)C1)C1CCNCC1. The van der Waals surface area contributed by atoms with Gasteiger partial charge in [-0.3, -0.25) is 29.3 Å². The highest BCUT2D eigenvalue weighted by atomic mass is 35.5. The predicted octanol–water partition coefficient (Wildman–Crippen LogP) is 6.85. The highest BCUT2D eigenvalue weighted by Crippen LogP contribution is 2.46. The van der Waals surface area contributed by atoms with Gasteiger partial charge in [-0.05, 0) is 106 Å². The van der Waals surface area contributed by atoms with Crippen LogP contribution in [-0.4, -0.2) is 83.8 Å². The van der Waals surface area contributed by atoms with E-state index >= 15 is 4.79 Å². The molecular weight excluding hydrogens is 732 g/mol. The molecule has 282 valence electrons. The van der Waals surface area contributed by atoms with E-state index in [9.17, 15) is 22.8 Å². The number of piperidine rings is 2. The molecule has 3 heterocycles. The number of hydrogen-bond donors (Lipinski definition) is 2. The molecule has 0 aromatic heterocycles. The van der Waals surface area contributed by atoms with Crippen LogP contribution < -0.4 is 15.8 Å². The van der Waals surface area contributed by atoms with Crippen LogP contribution in [0.5, 0.6) is 5.75 Å². The van der Waals surface area contributed by atoms with Crippen LogP contribution in [0, 0.1) is 5.92 Å². The summed E-state index contributed by atoms with van der Waals surface area (Å²) < 4.78 is 47.7. The lowest BCUT2D eigenvalue weighted by atomic mass is 9.93. The number of hydrogen-bond acceptors (Lipinski definition) is 7. The highest BCUT2D eigenvalue weighted by Gasteiger charge is 2.47.